The lowest BCUT2D eigenvalue weighted by molar-refractivity contribution is -0.142. The summed E-state index contributed by atoms with van der Waals surface area (Å²) < 4.78 is 27.0. The van der Waals surface area contributed by atoms with Gasteiger partial charge in [0.05, 0.1) is 11.6 Å². The molecule has 2 aromatic carbocycles. The lowest BCUT2D eigenvalue weighted by atomic mass is 9.93. The third-order valence-electron chi connectivity index (χ3n) is 5.55. The zero-order chi connectivity index (χ0) is 21.5. The predicted octanol–water partition coefficient (Wildman–Crippen LogP) is 2.81. The van der Waals surface area contributed by atoms with Gasteiger partial charge < -0.3 is 19.7 Å². The van der Waals surface area contributed by atoms with Crippen LogP contribution in [0.3, 0.4) is 0 Å². The summed E-state index contributed by atoms with van der Waals surface area (Å²) in [5, 5.41) is 10.1. The number of anilines is 1. The average Bonchev–Trinajstić information content (AvgIpc) is 2.77. The number of aryl methyl sites for hydroxylation is 1. The average molecular weight is 416 g/mol. The highest BCUT2D eigenvalue weighted by Gasteiger charge is 2.32. The number of rotatable bonds is 8. The summed E-state index contributed by atoms with van der Waals surface area (Å²) in [6.45, 7) is 1.75. The number of piperazine rings is 1. The molecule has 160 valence electrons. The molecule has 1 aliphatic rings. The molecule has 0 spiro atoms. The SMILES string of the molecule is O=C[C@@H](O)[C@@H](CCCc1ccc(F)cc1)C(=O)N1CCN(c2ccccc2F)CC1. The van der Waals surface area contributed by atoms with Crippen molar-refractivity contribution in [1.29, 1.82) is 0 Å². The van der Waals surface area contributed by atoms with Crippen molar-refractivity contribution >= 4 is 17.9 Å². The number of aliphatic hydroxyl groups excluding tert-OH is 1. The van der Waals surface area contributed by atoms with Gasteiger partial charge in [-0.3, -0.25) is 4.79 Å². The third-order valence-corrected chi connectivity index (χ3v) is 5.55. The number of benzene rings is 2. The van der Waals surface area contributed by atoms with Crippen LogP contribution in [-0.4, -0.2) is 54.5 Å². The molecule has 7 heteroatoms. The Kier molecular flexibility index (Phi) is 7.52. The monoisotopic (exact) mass is 416 g/mol. The van der Waals surface area contributed by atoms with E-state index in [-0.39, 0.29) is 17.5 Å². The van der Waals surface area contributed by atoms with Gasteiger partial charge in [0.25, 0.3) is 0 Å². The highest BCUT2D eigenvalue weighted by atomic mass is 19.1. The first kappa shape index (κ1) is 21.9. The van der Waals surface area contributed by atoms with Crippen molar-refractivity contribution in [1.82, 2.24) is 4.90 Å². The lowest BCUT2D eigenvalue weighted by Gasteiger charge is -2.38. The maximum Gasteiger partial charge on any atom is 0.228 e. The molecule has 1 fully saturated rings. The van der Waals surface area contributed by atoms with Gasteiger partial charge in [-0.15, -0.1) is 0 Å². The van der Waals surface area contributed by atoms with Crippen LogP contribution in [0.25, 0.3) is 0 Å². The smallest absolute Gasteiger partial charge is 0.228 e. The number of aldehydes is 1. The Bertz CT molecular complexity index is 852. The Labute approximate surface area is 174 Å². The van der Waals surface area contributed by atoms with Crippen LogP contribution in [0, 0.1) is 17.6 Å². The minimum absolute atomic E-state index is 0.262. The van der Waals surface area contributed by atoms with Crippen LogP contribution in [0.1, 0.15) is 18.4 Å². The third kappa shape index (κ3) is 5.42. The van der Waals surface area contributed by atoms with E-state index in [4.69, 9.17) is 0 Å². The normalized spacial score (nSPS) is 16.2. The van der Waals surface area contributed by atoms with Gasteiger partial charge in [-0.2, -0.15) is 0 Å². The maximum atomic E-state index is 14.0. The number of para-hydroxylation sites is 1. The van der Waals surface area contributed by atoms with Crippen molar-refractivity contribution in [3.05, 3.63) is 65.7 Å². The number of amides is 1. The lowest BCUT2D eigenvalue weighted by Crippen LogP contribution is -2.52. The van der Waals surface area contributed by atoms with Gasteiger partial charge in [0.2, 0.25) is 5.91 Å². The predicted molar refractivity (Wildman–Crippen MR) is 110 cm³/mol. The summed E-state index contributed by atoms with van der Waals surface area (Å²) in [7, 11) is 0. The standard InChI is InChI=1S/C23H26F2N2O3/c24-18-10-8-17(9-11-18)4-3-5-19(22(29)16-28)23(30)27-14-12-26(13-15-27)21-7-2-1-6-20(21)25/h1-2,6-11,16,19,22,29H,3-5,12-15H2/t19-,22-/m1/s1. The van der Waals surface area contributed by atoms with Gasteiger partial charge in [-0.05, 0) is 49.1 Å². The summed E-state index contributed by atoms with van der Waals surface area (Å²) in [4.78, 5) is 27.6. The number of halogens is 2. The molecule has 2 atom stereocenters. The molecule has 1 amide bonds. The highest BCUT2D eigenvalue weighted by Crippen LogP contribution is 2.22. The molecule has 0 saturated carbocycles. The molecule has 2 aromatic rings. The van der Waals surface area contributed by atoms with E-state index in [1.54, 1.807) is 35.2 Å². The van der Waals surface area contributed by atoms with Crippen molar-refractivity contribution in [3.63, 3.8) is 0 Å². The van der Waals surface area contributed by atoms with Crippen LogP contribution in [0.2, 0.25) is 0 Å². The van der Waals surface area contributed by atoms with E-state index in [1.165, 1.54) is 18.2 Å². The Morgan fingerprint density at radius 3 is 2.33 bits per heavy atom. The molecule has 0 aromatic heterocycles. The first-order valence-electron chi connectivity index (χ1n) is 10.2. The van der Waals surface area contributed by atoms with Crippen LogP contribution in [0.5, 0.6) is 0 Å². The zero-order valence-corrected chi connectivity index (χ0v) is 16.7. The largest absolute Gasteiger partial charge is 0.385 e. The van der Waals surface area contributed by atoms with E-state index < -0.39 is 12.0 Å². The van der Waals surface area contributed by atoms with Crippen LogP contribution < -0.4 is 4.90 Å². The Morgan fingerprint density at radius 1 is 1.03 bits per heavy atom. The van der Waals surface area contributed by atoms with E-state index in [0.29, 0.717) is 57.4 Å². The molecule has 1 saturated heterocycles. The Balaban J connectivity index is 1.56. The van der Waals surface area contributed by atoms with Crippen molar-refractivity contribution in [2.24, 2.45) is 5.92 Å². The van der Waals surface area contributed by atoms with Crippen molar-refractivity contribution in [2.45, 2.75) is 25.4 Å². The fraction of sp³-hybridized carbons (Fsp3) is 0.391. The van der Waals surface area contributed by atoms with Gasteiger partial charge >= 0.3 is 0 Å². The second kappa shape index (κ2) is 10.3. The topological polar surface area (TPSA) is 60.9 Å². The van der Waals surface area contributed by atoms with Gasteiger partial charge in [0, 0.05) is 26.2 Å². The summed E-state index contributed by atoms with van der Waals surface area (Å²) in [5.74, 6) is -1.69. The molecule has 3 rings (SSSR count). The number of hydrogen-bond donors (Lipinski definition) is 1. The van der Waals surface area contributed by atoms with Gasteiger partial charge in [0.1, 0.15) is 24.0 Å². The maximum absolute atomic E-state index is 14.0. The van der Waals surface area contributed by atoms with E-state index in [1.807, 2.05) is 4.90 Å². The van der Waals surface area contributed by atoms with Crippen molar-refractivity contribution < 1.29 is 23.5 Å². The first-order valence-corrected chi connectivity index (χ1v) is 10.2. The fourth-order valence-corrected chi connectivity index (χ4v) is 3.82. The van der Waals surface area contributed by atoms with Crippen LogP contribution in [-0.2, 0) is 16.0 Å². The molecular weight excluding hydrogens is 390 g/mol. The summed E-state index contributed by atoms with van der Waals surface area (Å²) in [5.41, 5.74) is 1.44. The number of hydrogen-bond acceptors (Lipinski definition) is 4. The van der Waals surface area contributed by atoms with Gasteiger partial charge in [0.15, 0.2) is 0 Å². The van der Waals surface area contributed by atoms with E-state index in [0.717, 1.165) is 5.56 Å². The van der Waals surface area contributed by atoms with E-state index >= 15 is 0 Å². The van der Waals surface area contributed by atoms with Crippen molar-refractivity contribution in [3.8, 4) is 0 Å². The molecule has 1 N–H and O–H groups in total. The van der Waals surface area contributed by atoms with Gasteiger partial charge in [-0.1, -0.05) is 24.3 Å². The Hall–Kier alpha value is -2.80. The quantitative estimate of drug-likeness (QED) is 0.673. The van der Waals surface area contributed by atoms with Crippen LogP contribution in [0.4, 0.5) is 14.5 Å². The second-order valence-electron chi connectivity index (χ2n) is 7.52. The highest BCUT2D eigenvalue weighted by molar-refractivity contribution is 5.83. The second-order valence-corrected chi connectivity index (χ2v) is 7.52. The molecule has 0 unspecified atom stereocenters. The van der Waals surface area contributed by atoms with Crippen molar-refractivity contribution in [2.75, 3.05) is 31.1 Å². The minimum atomic E-state index is -1.37. The summed E-state index contributed by atoms with van der Waals surface area (Å²) >= 11 is 0. The molecule has 1 aliphatic heterocycles. The Morgan fingerprint density at radius 2 is 1.70 bits per heavy atom. The van der Waals surface area contributed by atoms with Gasteiger partial charge in [-0.25, -0.2) is 8.78 Å². The van der Waals surface area contributed by atoms with Crippen LogP contribution in [0.15, 0.2) is 48.5 Å². The zero-order valence-electron chi connectivity index (χ0n) is 16.7. The fourth-order valence-electron chi connectivity index (χ4n) is 3.82. The number of carbonyl (C=O) groups is 2. The summed E-state index contributed by atoms with van der Waals surface area (Å²) in [6.07, 6.45) is 0.591. The minimum Gasteiger partial charge on any atom is -0.385 e. The van der Waals surface area contributed by atoms with Crippen LogP contribution >= 0.6 is 0 Å². The first-order chi connectivity index (χ1) is 14.5. The molecule has 0 radical (unpaired) electrons. The summed E-state index contributed by atoms with van der Waals surface area (Å²) in [6, 6.07) is 12.7. The number of nitrogens with zero attached hydrogens (tertiary/aromatic N) is 2. The molecule has 0 bridgehead atoms. The molecule has 5 nitrogen and oxygen atoms in total. The number of carbonyl (C=O) groups excluding carboxylic acids is 2. The van der Waals surface area contributed by atoms with E-state index in [2.05, 4.69) is 0 Å². The molecular formula is C23H26F2N2O3. The van der Waals surface area contributed by atoms with E-state index in [9.17, 15) is 23.5 Å². The molecule has 30 heavy (non-hydrogen) atoms. The molecule has 0 aliphatic carbocycles. The number of aliphatic hydroxyl groups is 1. The molecule has 1 heterocycles.